The lowest BCUT2D eigenvalue weighted by Gasteiger charge is -2.12. The number of rotatable bonds is 6. The number of hydrogen-bond donors (Lipinski definition) is 2. The average Bonchev–Trinajstić information content (AvgIpc) is 2.96. The van der Waals surface area contributed by atoms with Gasteiger partial charge < -0.3 is 14.8 Å². The van der Waals surface area contributed by atoms with Gasteiger partial charge in [0.15, 0.2) is 11.5 Å². The Kier molecular flexibility index (Phi) is 4.54. The third-order valence-corrected chi connectivity index (χ3v) is 2.43. The van der Waals surface area contributed by atoms with Crippen LogP contribution in [0.1, 0.15) is 24.5 Å². The van der Waals surface area contributed by atoms with Crippen molar-refractivity contribution in [3.63, 3.8) is 0 Å². The fraction of sp³-hybridized carbons (Fsp3) is 0.308. The number of ether oxygens (including phenoxy) is 2. The fourth-order valence-corrected chi connectivity index (χ4v) is 1.63. The standard InChI is InChI=1S/C13H16N4O3/c1-3-19-10-6-5-9(7-11(10)20-4-2)16-13(18)12-14-8-15-17-12/h5-8H,3-4H2,1-2H3,(H,16,18)(H,14,15,17). The smallest absolute Gasteiger partial charge is 0.292 e. The second kappa shape index (κ2) is 6.55. The number of aromatic nitrogens is 3. The third kappa shape index (κ3) is 3.25. The second-order valence-corrected chi connectivity index (χ2v) is 3.82. The summed E-state index contributed by atoms with van der Waals surface area (Å²) in [5.74, 6) is 1.02. The van der Waals surface area contributed by atoms with E-state index in [0.717, 1.165) is 0 Å². The Hall–Kier alpha value is -2.57. The summed E-state index contributed by atoms with van der Waals surface area (Å²) in [6, 6.07) is 5.20. The average molecular weight is 276 g/mol. The van der Waals surface area contributed by atoms with E-state index in [1.54, 1.807) is 18.2 Å². The summed E-state index contributed by atoms with van der Waals surface area (Å²) < 4.78 is 10.9. The van der Waals surface area contributed by atoms with Crippen molar-refractivity contribution >= 4 is 11.6 Å². The zero-order chi connectivity index (χ0) is 14.4. The highest BCUT2D eigenvalue weighted by molar-refractivity contribution is 6.01. The minimum atomic E-state index is -0.367. The first-order valence-corrected chi connectivity index (χ1v) is 6.31. The molecule has 0 radical (unpaired) electrons. The Labute approximate surface area is 116 Å². The van der Waals surface area contributed by atoms with Crippen LogP contribution in [0.15, 0.2) is 24.5 Å². The molecule has 20 heavy (non-hydrogen) atoms. The van der Waals surface area contributed by atoms with E-state index in [-0.39, 0.29) is 11.7 Å². The minimum Gasteiger partial charge on any atom is -0.490 e. The molecule has 0 fully saturated rings. The van der Waals surface area contributed by atoms with Crippen molar-refractivity contribution in [1.29, 1.82) is 0 Å². The predicted octanol–water partition coefficient (Wildman–Crippen LogP) is 1.85. The van der Waals surface area contributed by atoms with Gasteiger partial charge >= 0.3 is 0 Å². The van der Waals surface area contributed by atoms with Crippen LogP contribution in [-0.2, 0) is 0 Å². The van der Waals surface area contributed by atoms with Crippen molar-refractivity contribution in [3.8, 4) is 11.5 Å². The molecule has 2 rings (SSSR count). The number of amides is 1. The number of carbonyl (C=O) groups excluding carboxylic acids is 1. The lowest BCUT2D eigenvalue weighted by atomic mass is 10.2. The largest absolute Gasteiger partial charge is 0.490 e. The van der Waals surface area contributed by atoms with Crippen LogP contribution < -0.4 is 14.8 Å². The van der Waals surface area contributed by atoms with Gasteiger partial charge in [-0.3, -0.25) is 9.89 Å². The monoisotopic (exact) mass is 276 g/mol. The van der Waals surface area contributed by atoms with E-state index in [9.17, 15) is 4.79 Å². The van der Waals surface area contributed by atoms with Crippen LogP contribution in [0.5, 0.6) is 11.5 Å². The molecule has 0 saturated carbocycles. The third-order valence-electron chi connectivity index (χ3n) is 2.43. The maximum absolute atomic E-state index is 11.8. The van der Waals surface area contributed by atoms with Gasteiger partial charge in [-0.25, -0.2) is 4.98 Å². The molecule has 0 unspecified atom stereocenters. The Balaban J connectivity index is 2.16. The van der Waals surface area contributed by atoms with Gasteiger partial charge in [-0.05, 0) is 26.0 Å². The normalized spacial score (nSPS) is 10.1. The van der Waals surface area contributed by atoms with Crippen LogP contribution in [0.3, 0.4) is 0 Å². The number of nitrogens with zero attached hydrogens (tertiary/aromatic N) is 2. The molecule has 2 aromatic rings. The Morgan fingerprint density at radius 2 is 2.00 bits per heavy atom. The molecule has 0 atom stereocenters. The van der Waals surface area contributed by atoms with E-state index in [0.29, 0.717) is 30.4 Å². The van der Waals surface area contributed by atoms with Gasteiger partial charge in [-0.1, -0.05) is 0 Å². The number of benzene rings is 1. The van der Waals surface area contributed by atoms with Gasteiger partial charge in [0.05, 0.1) is 13.2 Å². The molecule has 0 aliphatic rings. The van der Waals surface area contributed by atoms with Crippen LogP contribution in [0.25, 0.3) is 0 Å². The molecule has 1 amide bonds. The van der Waals surface area contributed by atoms with Gasteiger partial charge in [0.1, 0.15) is 6.33 Å². The zero-order valence-corrected chi connectivity index (χ0v) is 11.3. The van der Waals surface area contributed by atoms with Crippen molar-refractivity contribution in [2.24, 2.45) is 0 Å². The van der Waals surface area contributed by atoms with Crippen LogP contribution in [0.2, 0.25) is 0 Å². The van der Waals surface area contributed by atoms with Gasteiger partial charge in [0.25, 0.3) is 5.91 Å². The van der Waals surface area contributed by atoms with Gasteiger partial charge in [0.2, 0.25) is 5.82 Å². The van der Waals surface area contributed by atoms with E-state index >= 15 is 0 Å². The highest BCUT2D eigenvalue weighted by Gasteiger charge is 2.11. The van der Waals surface area contributed by atoms with Gasteiger partial charge in [-0.2, -0.15) is 5.10 Å². The van der Waals surface area contributed by atoms with E-state index in [4.69, 9.17) is 9.47 Å². The Morgan fingerprint density at radius 1 is 1.25 bits per heavy atom. The predicted molar refractivity (Wildman–Crippen MR) is 73.1 cm³/mol. The topological polar surface area (TPSA) is 89.1 Å². The summed E-state index contributed by atoms with van der Waals surface area (Å²) in [5.41, 5.74) is 0.596. The molecule has 0 saturated heterocycles. The first-order valence-electron chi connectivity index (χ1n) is 6.31. The SMILES string of the molecule is CCOc1ccc(NC(=O)c2ncn[nH]2)cc1OCC. The van der Waals surface area contributed by atoms with Crippen molar-refractivity contribution in [2.75, 3.05) is 18.5 Å². The second-order valence-electron chi connectivity index (χ2n) is 3.82. The quantitative estimate of drug-likeness (QED) is 0.840. The van der Waals surface area contributed by atoms with E-state index < -0.39 is 0 Å². The van der Waals surface area contributed by atoms with E-state index in [2.05, 4.69) is 20.5 Å². The van der Waals surface area contributed by atoms with Crippen LogP contribution in [0.4, 0.5) is 5.69 Å². The summed E-state index contributed by atoms with van der Waals surface area (Å²) in [6.45, 7) is 4.84. The summed E-state index contributed by atoms with van der Waals surface area (Å²) in [7, 11) is 0. The number of carbonyl (C=O) groups is 1. The van der Waals surface area contributed by atoms with Crippen molar-refractivity contribution in [2.45, 2.75) is 13.8 Å². The first-order chi connectivity index (χ1) is 9.74. The maximum atomic E-state index is 11.8. The number of nitrogens with one attached hydrogen (secondary N) is 2. The molecule has 0 aliphatic carbocycles. The highest BCUT2D eigenvalue weighted by atomic mass is 16.5. The molecule has 0 aliphatic heterocycles. The van der Waals surface area contributed by atoms with E-state index in [1.807, 2.05) is 13.8 Å². The molecular weight excluding hydrogens is 260 g/mol. The number of H-pyrrole nitrogens is 1. The van der Waals surface area contributed by atoms with Gasteiger partial charge in [0, 0.05) is 11.8 Å². The summed E-state index contributed by atoms with van der Waals surface area (Å²) >= 11 is 0. The Morgan fingerprint density at radius 3 is 2.65 bits per heavy atom. The molecule has 7 nitrogen and oxygen atoms in total. The van der Waals surface area contributed by atoms with Crippen molar-refractivity contribution in [3.05, 3.63) is 30.4 Å². The number of aromatic amines is 1. The molecule has 0 bridgehead atoms. The van der Waals surface area contributed by atoms with Crippen LogP contribution >= 0.6 is 0 Å². The molecule has 106 valence electrons. The zero-order valence-electron chi connectivity index (χ0n) is 11.3. The minimum absolute atomic E-state index is 0.150. The molecule has 2 N–H and O–H groups in total. The molecule has 1 heterocycles. The summed E-state index contributed by atoms with van der Waals surface area (Å²) in [6.07, 6.45) is 1.28. The lowest BCUT2D eigenvalue weighted by molar-refractivity contribution is 0.101. The molecule has 0 spiro atoms. The molecule has 7 heteroatoms. The molecular formula is C13H16N4O3. The number of anilines is 1. The van der Waals surface area contributed by atoms with Crippen molar-refractivity contribution in [1.82, 2.24) is 15.2 Å². The summed E-state index contributed by atoms with van der Waals surface area (Å²) in [5, 5.41) is 8.83. The first kappa shape index (κ1) is 13.9. The molecule has 1 aromatic heterocycles. The number of hydrogen-bond acceptors (Lipinski definition) is 5. The summed E-state index contributed by atoms with van der Waals surface area (Å²) in [4.78, 5) is 15.6. The molecule has 1 aromatic carbocycles. The van der Waals surface area contributed by atoms with Gasteiger partial charge in [-0.15, -0.1) is 0 Å². The fourth-order valence-electron chi connectivity index (χ4n) is 1.63. The Bertz CT molecular complexity index is 569. The van der Waals surface area contributed by atoms with E-state index in [1.165, 1.54) is 6.33 Å². The van der Waals surface area contributed by atoms with Crippen molar-refractivity contribution < 1.29 is 14.3 Å². The van der Waals surface area contributed by atoms with Crippen LogP contribution in [-0.4, -0.2) is 34.3 Å². The lowest BCUT2D eigenvalue weighted by Crippen LogP contribution is -2.14. The highest BCUT2D eigenvalue weighted by Crippen LogP contribution is 2.30. The maximum Gasteiger partial charge on any atom is 0.292 e. The van der Waals surface area contributed by atoms with Crippen LogP contribution in [0, 0.1) is 0 Å².